The van der Waals surface area contributed by atoms with E-state index in [9.17, 15) is 16.8 Å². The van der Waals surface area contributed by atoms with Crippen molar-refractivity contribution < 1.29 is 35.3 Å². The number of hydrogen-bond donors (Lipinski definition) is 0. The van der Waals surface area contributed by atoms with Gasteiger partial charge in [-0.3, -0.25) is 4.18 Å². The zero-order valence-corrected chi connectivity index (χ0v) is 19.4. The summed E-state index contributed by atoms with van der Waals surface area (Å²) in [5.74, 6) is -0.158. The maximum absolute atomic E-state index is 11.2. The normalized spacial score (nSPS) is 11.5. The van der Waals surface area contributed by atoms with Gasteiger partial charge in [-0.25, -0.2) is 4.89 Å². The largest absolute Gasteiger partial charge is 0.295 e. The summed E-state index contributed by atoms with van der Waals surface area (Å²) in [7, 11) is -7.14. The summed E-state index contributed by atoms with van der Waals surface area (Å²) in [5.41, 5.74) is 0. The van der Waals surface area contributed by atoms with Crippen LogP contribution in [0.15, 0.2) is 0 Å². The molecule has 0 aromatic rings. The molecule has 2 radical (unpaired) electrons. The maximum Gasteiger partial charge on any atom is 0.295 e. The van der Waals surface area contributed by atoms with Gasteiger partial charge in [0.2, 0.25) is 0 Å². The Bertz CT molecular complexity index is 396. The van der Waals surface area contributed by atoms with Crippen molar-refractivity contribution in [1.29, 1.82) is 0 Å². The van der Waals surface area contributed by atoms with Gasteiger partial charge in [0.25, 0.3) is 20.2 Å². The fourth-order valence-electron chi connectivity index (χ4n) is 1.14. The van der Waals surface area contributed by atoms with E-state index >= 15 is 0 Å². The Balaban J connectivity index is -0.00000180. The van der Waals surface area contributed by atoms with Crippen LogP contribution in [0.1, 0.15) is 39.5 Å². The SMILES string of the molecule is CCCS(=O)(=O)OCCCCOOOS(=O)(=O)CCC.[Na].[Na]. The molecule has 0 bridgehead atoms. The van der Waals surface area contributed by atoms with Crippen LogP contribution in [-0.4, -0.2) is 101 Å². The van der Waals surface area contributed by atoms with E-state index in [1.165, 1.54) is 0 Å². The monoisotopic (exact) mass is 380 g/mol. The van der Waals surface area contributed by atoms with E-state index in [2.05, 4.69) is 14.3 Å². The van der Waals surface area contributed by atoms with E-state index in [4.69, 9.17) is 4.18 Å². The van der Waals surface area contributed by atoms with Crippen molar-refractivity contribution in [2.45, 2.75) is 39.5 Å². The van der Waals surface area contributed by atoms with Gasteiger partial charge in [0.1, 0.15) is 0 Å². The van der Waals surface area contributed by atoms with Crippen LogP contribution in [0.25, 0.3) is 0 Å². The second-order valence-electron chi connectivity index (χ2n) is 4.01. The van der Waals surface area contributed by atoms with E-state index in [0.29, 0.717) is 25.7 Å². The molecule has 0 fully saturated rings. The molecule has 22 heavy (non-hydrogen) atoms. The zero-order chi connectivity index (χ0) is 15.5. The third-order valence-electron chi connectivity index (χ3n) is 1.97. The molecular weight excluding hydrogens is 358 g/mol. The topological polar surface area (TPSA) is 105 Å². The number of unbranched alkanes of at least 4 members (excludes halogenated alkanes) is 1. The fraction of sp³-hybridized carbons (Fsp3) is 1.00. The fourth-order valence-corrected chi connectivity index (χ4v) is 2.82. The van der Waals surface area contributed by atoms with Gasteiger partial charge in [0, 0.05) is 59.1 Å². The molecule has 0 amide bonds. The van der Waals surface area contributed by atoms with Crippen molar-refractivity contribution in [3.8, 4) is 0 Å². The van der Waals surface area contributed by atoms with E-state index < -0.39 is 20.2 Å². The molecule has 0 aliphatic heterocycles. The van der Waals surface area contributed by atoms with Crippen molar-refractivity contribution in [1.82, 2.24) is 0 Å². The van der Waals surface area contributed by atoms with E-state index in [1.807, 2.05) is 0 Å². The first-order valence-corrected chi connectivity index (χ1v) is 9.56. The van der Waals surface area contributed by atoms with Crippen LogP contribution >= 0.6 is 0 Å². The molecule has 0 spiro atoms. The smallest absolute Gasteiger partial charge is 0.270 e. The Morgan fingerprint density at radius 2 is 1.27 bits per heavy atom. The first-order chi connectivity index (χ1) is 9.33. The van der Waals surface area contributed by atoms with Crippen LogP contribution in [-0.2, 0) is 38.7 Å². The molecule has 0 N–H and O–H groups in total. The van der Waals surface area contributed by atoms with Crippen molar-refractivity contribution in [2.75, 3.05) is 24.7 Å². The van der Waals surface area contributed by atoms with Gasteiger partial charge in [0.05, 0.1) is 24.7 Å². The first kappa shape index (κ1) is 28.5. The van der Waals surface area contributed by atoms with Gasteiger partial charge >= 0.3 is 0 Å². The molecule has 12 heteroatoms. The molecule has 0 aliphatic rings. The van der Waals surface area contributed by atoms with Crippen LogP contribution in [0.4, 0.5) is 0 Å². The quantitative estimate of drug-likeness (QED) is 0.148. The minimum atomic E-state index is -3.71. The average Bonchev–Trinajstić information content (AvgIpc) is 2.32. The van der Waals surface area contributed by atoms with Crippen LogP contribution in [0, 0.1) is 0 Å². The summed E-state index contributed by atoms with van der Waals surface area (Å²) >= 11 is 0. The summed E-state index contributed by atoms with van der Waals surface area (Å²) in [6, 6.07) is 0. The predicted molar refractivity (Wildman–Crippen MR) is 83.0 cm³/mol. The summed E-state index contributed by atoms with van der Waals surface area (Å²) in [5, 5.41) is 4.09. The Labute approximate surface area is 177 Å². The van der Waals surface area contributed by atoms with Gasteiger partial charge in [-0.1, -0.05) is 23.2 Å². The van der Waals surface area contributed by atoms with E-state index in [1.54, 1.807) is 13.8 Å². The Kier molecular flexibility index (Phi) is 21.0. The molecule has 0 saturated heterocycles. The predicted octanol–water partition coefficient (Wildman–Crippen LogP) is 0.381. The van der Waals surface area contributed by atoms with Crippen molar-refractivity contribution >= 4 is 79.4 Å². The van der Waals surface area contributed by atoms with Crippen molar-refractivity contribution in [2.24, 2.45) is 0 Å². The molecule has 0 unspecified atom stereocenters. The van der Waals surface area contributed by atoms with Crippen molar-refractivity contribution in [3.05, 3.63) is 0 Å². The van der Waals surface area contributed by atoms with Gasteiger partial charge < -0.3 is 0 Å². The zero-order valence-electron chi connectivity index (χ0n) is 13.7. The Morgan fingerprint density at radius 1 is 0.773 bits per heavy atom. The first-order valence-electron chi connectivity index (χ1n) is 6.40. The second-order valence-corrected chi connectivity index (χ2v) is 7.43. The minimum Gasteiger partial charge on any atom is -0.270 e. The molecule has 0 aromatic heterocycles. The van der Waals surface area contributed by atoms with Crippen LogP contribution < -0.4 is 0 Å². The Morgan fingerprint density at radius 3 is 1.82 bits per heavy atom. The third-order valence-corrected chi connectivity index (χ3v) is 4.58. The van der Waals surface area contributed by atoms with Gasteiger partial charge in [-0.2, -0.15) is 16.8 Å². The maximum atomic E-state index is 11.2. The second kappa shape index (κ2) is 16.2. The molecule has 0 saturated carbocycles. The van der Waals surface area contributed by atoms with E-state index in [-0.39, 0.29) is 83.8 Å². The molecular formula is C10H22Na2O8S2. The third kappa shape index (κ3) is 18.1. The Hall–Kier alpha value is 1.74. The van der Waals surface area contributed by atoms with E-state index in [0.717, 1.165) is 0 Å². The summed E-state index contributed by atoms with van der Waals surface area (Å²) in [4.78, 5) is 4.49. The summed E-state index contributed by atoms with van der Waals surface area (Å²) in [6.07, 6.45) is 1.80. The summed E-state index contributed by atoms with van der Waals surface area (Å²) in [6.45, 7) is 3.56. The standard InChI is InChI=1S/C10H22O8S2.2Na/c1-3-9-19(11,12)16-8-6-5-7-15-17-18-20(13,14)10-4-2;;/h3-10H2,1-2H3;;. The molecule has 0 atom stereocenters. The van der Waals surface area contributed by atoms with Gasteiger partial charge in [-0.15, -0.1) is 0 Å². The van der Waals surface area contributed by atoms with Gasteiger partial charge in [0.15, 0.2) is 0 Å². The molecule has 0 aliphatic carbocycles. The van der Waals surface area contributed by atoms with Crippen LogP contribution in [0.5, 0.6) is 0 Å². The average molecular weight is 380 g/mol. The molecule has 0 aromatic carbocycles. The minimum absolute atomic E-state index is 0. The molecule has 8 nitrogen and oxygen atoms in total. The van der Waals surface area contributed by atoms with Crippen LogP contribution in [0.3, 0.4) is 0 Å². The number of rotatable bonds is 13. The summed E-state index contributed by atoms with van der Waals surface area (Å²) < 4.78 is 53.2. The molecule has 124 valence electrons. The molecule has 0 rings (SSSR count). The number of hydrogen-bond acceptors (Lipinski definition) is 8. The van der Waals surface area contributed by atoms with Crippen LogP contribution in [0.2, 0.25) is 0 Å². The van der Waals surface area contributed by atoms with Crippen molar-refractivity contribution in [3.63, 3.8) is 0 Å². The van der Waals surface area contributed by atoms with Gasteiger partial charge in [-0.05, 0) is 25.7 Å². The molecule has 0 heterocycles.